The van der Waals surface area contributed by atoms with Crippen LogP contribution in [-0.4, -0.2) is 39.0 Å². The van der Waals surface area contributed by atoms with Gasteiger partial charge < -0.3 is 14.8 Å². The van der Waals surface area contributed by atoms with Gasteiger partial charge in [0.25, 0.3) is 0 Å². The molecule has 1 saturated carbocycles. The predicted molar refractivity (Wildman–Crippen MR) is 69.1 cm³/mol. The van der Waals surface area contributed by atoms with Crippen LogP contribution in [0.2, 0.25) is 0 Å². The van der Waals surface area contributed by atoms with E-state index in [9.17, 15) is 0 Å². The Balaban J connectivity index is 1.82. The molecule has 0 radical (unpaired) electrons. The van der Waals surface area contributed by atoms with Crippen molar-refractivity contribution < 1.29 is 9.47 Å². The Morgan fingerprint density at radius 3 is 2.82 bits per heavy atom. The summed E-state index contributed by atoms with van der Waals surface area (Å²) in [7, 11) is 2.05. The summed E-state index contributed by atoms with van der Waals surface area (Å²) in [5, 5.41) is 3.41. The van der Waals surface area contributed by atoms with Crippen LogP contribution in [0.25, 0.3) is 0 Å². The van der Waals surface area contributed by atoms with Crippen LogP contribution < -0.4 is 5.32 Å². The maximum absolute atomic E-state index is 6.16. The second kappa shape index (κ2) is 5.68. The molecular formula is C14H27NO2. The van der Waals surface area contributed by atoms with Crippen LogP contribution in [-0.2, 0) is 9.47 Å². The second-order valence-corrected chi connectivity index (χ2v) is 6.40. The lowest BCUT2D eigenvalue weighted by atomic mass is 9.74. The van der Waals surface area contributed by atoms with E-state index < -0.39 is 0 Å². The van der Waals surface area contributed by atoms with Crippen LogP contribution >= 0.6 is 0 Å². The minimum Gasteiger partial charge on any atom is -0.381 e. The SMILES string of the molecule is CNC1CCC(C)(C)CC1OCC1CCOC1. The molecule has 0 aromatic rings. The smallest absolute Gasteiger partial charge is 0.0733 e. The zero-order chi connectivity index (χ0) is 12.3. The molecule has 2 rings (SSSR count). The fourth-order valence-electron chi connectivity index (χ4n) is 3.00. The van der Waals surface area contributed by atoms with Crippen molar-refractivity contribution in [1.29, 1.82) is 0 Å². The van der Waals surface area contributed by atoms with Crippen LogP contribution in [0.1, 0.15) is 39.5 Å². The van der Waals surface area contributed by atoms with Gasteiger partial charge in [-0.2, -0.15) is 0 Å². The molecule has 1 heterocycles. The Morgan fingerprint density at radius 1 is 1.35 bits per heavy atom. The van der Waals surface area contributed by atoms with Gasteiger partial charge in [0.2, 0.25) is 0 Å². The Hall–Kier alpha value is -0.120. The van der Waals surface area contributed by atoms with E-state index in [1.165, 1.54) is 25.7 Å². The van der Waals surface area contributed by atoms with Gasteiger partial charge in [0.05, 0.1) is 19.3 Å². The first-order valence-electron chi connectivity index (χ1n) is 6.97. The minimum absolute atomic E-state index is 0.379. The van der Waals surface area contributed by atoms with Crippen molar-refractivity contribution in [2.24, 2.45) is 11.3 Å². The predicted octanol–water partition coefficient (Wildman–Crippen LogP) is 2.21. The van der Waals surface area contributed by atoms with Gasteiger partial charge in [-0.25, -0.2) is 0 Å². The van der Waals surface area contributed by atoms with Crippen LogP contribution in [0.5, 0.6) is 0 Å². The summed E-state index contributed by atoms with van der Waals surface area (Å²) in [6, 6.07) is 0.533. The summed E-state index contributed by atoms with van der Waals surface area (Å²) in [6.07, 6.45) is 5.25. The molecule has 0 bridgehead atoms. The average molecular weight is 241 g/mol. The molecule has 2 fully saturated rings. The highest BCUT2D eigenvalue weighted by Gasteiger charge is 2.35. The molecule has 17 heavy (non-hydrogen) atoms. The number of ether oxygens (including phenoxy) is 2. The monoisotopic (exact) mass is 241 g/mol. The van der Waals surface area contributed by atoms with Crippen molar-refractivity contribution in [3.8, 4) is 0 Å². The molecule has 100 valence electrons. The lowest BCUT2D eigenvalue weighted by Crippen LogP contribution is -2.46. The zero-order valence-corrected chi connectivity index (χ0v) is 11.5. The molecule has 3 atom stereocenters. The topological polar surface area (TPSA) is 30.5 Å². The van der Waals surface area contributed by atoms with Gasteiger partial charge in [-0.15, -0.1) is 0 Å². The molecular weight excluding hydrogens is 214 g/mol. The van der Waals surface area contributed by atoms with Gasteiger partial charge in [0.15, 0.2) is 0 Å². The van der Waals surface area contributed by atoms with Crippen molar-refractivity contribution >= 4 is 0 Å². The first kappa shape index (κ1) is 13.3. The van der Waals surface area contributed by atoms with E-state index in [0.29, 0.717) is 23.5 Å². The molecule has 3 unspecified atom stereocenters. The second-order valence-electron chi connectivity index (χ2n) is 6.40. The van der Waals surface area contributed by atoms with E-state index in [0.717, 1.165) is 19.8 Å². The van der Waals surface area contributed by atoms with Gasteiger partial charge in [0, 0.05) is 18.6 Å². The van der Waals surface area contributed by atoms with E-state index in [4.69, 9.17) is 9.47 Å². The molecule has 1 saturated heterocycles. The summed E-state index contributed by atoms with van der Waals surface area (Å²) >= 11 is 0. The van der Waals surface area contributed by atoms with E-state index >= 15 is 0 Å². The molecule has 0 amide bonds. The standard InChI is InChI=1S/C14H27NO2/c1-14(2)6-4-12(15-3)13(8-14)17-10-11-5-7-16-9-11/h11-13,15H,4-10H2,1-3H3. The zero-order valence-electron chi connectivity index (χ0n) is 11.5. The Bertz CT molecular complexity index is 236. The summed E-state index contributed by atoms with van der Waals surface area (Å²) in [6.45, 7) is 7.39. The molecule has 0 spiro atoms. The van der Waals surface area contributed by atoms with Crippen molar-refractivity contribution in [2.45, 2.75) is 51.7 Å². The van der Waals surface area contributed by atoms with Crippen molar-refractivity contribution in [3.05, 3.63) is 0 Å². The minimum atomic E-state index is 0.379. The number of hydrogen-bond donors (Lipinski definition) is 1. The maximum atomic E-state index is 6.16. The van der Waals surface area contributed by atoms with Crippen LogP contribution in [0.4, 0.5) is 0 Å². The summed E-state index contributed by atoms with van der Waals surface area (Å²) in [5.74, 6) is 0.623. The van der Waals surface area contributed by atoms with Gasteiger partial charge in [-0.1, -0.05) is 13.8 Å². The van der Waals surface area contributed by atoms with Crippen LogP contribution in [0.15, 0.2) is 0 Å². The van der Waals surface area contributed by atoms with E-state index in [2.05, 4.69) is 26.2 Å². The van der Waals surface area contributed by atoms with E-state index in [1.807, 2.05) is 0 Å². The quantitative estimate of drug-likeness (QED) is 0.818. The normalized spacial score (nSPS) is 37.2. The first-order chi connectivity index (χ1) is 8.11. The third-order valence-corrected chi connectivity index (χ3v) is 4.28. The van der Waals surface area contributed by atoms with Gasteiger partial charge >= 0.3 is 0 Å². The largest absolute Gasteiger partial charge is 0.381 e. The highest BCUT2D eigenvalue weighted by atomic mass is 16.5. The van der Waals surface area contributed by atoms with Crippen molar-refractivity contribution in [1.82, 2.24) is 5.32 Å². The molecule has 1 N–H and O–H groups in total. The highest BCUT2D eigenvalue weighted by molar-refractivity contribution is 4.89. The molecule has 0 aromatic heterocycles. The molecule has 1 aliphatic heterocycles. The lowest BCUT2D eigenvalue weighted by molar-refractivity contribution is -0.0405. The first-order valence-corrected chi connectivity index (χ1v) is 6.97. The van der Waals surface area contributed by atoms with Gasteiger partial charge in [0.1, 0.15) is 0 Å². The molecule has 2 aliphatic rings. The maximum Gasteiger partial charge on any atom is 0.0733 e. The summed E-state index contributed by atoms with van der Waals surface area (Å²) < 4.78 is 11.6. The van der Waals surface area contributed by atoms with Crippen LogP contribution in [0.3, 0.4) is 0 Å². The number of nitrogens with one attached hydrogen (secondary N) is 1. The number of rotatable bonds is 4. The Kier molecular flexibility index (Phi) is 4.45. The Labute approximate surface area is 105 Å². The number of hydrogen-bond acceptors (Lipinski definition) is 3. The van der Waals surface area contributed by atoms with Crippen molar-refractivity contribution in [3.63, 3.8) is 0 Å². The highest BCUT2D eigenvalue weighted by Crippen LogP contribution is 2.36. The van der Waals surface area contributed by atoms with Crippen LogP contribution in [0, 0.1) is 11.3 Å². The van der Waals surface area contributed by atoms with Gasteiger partial charge in [-0.05, 0) is 38.1 Å². The summed E-state index contributed by atoms with van der Waals surface area (Å²) in [4.78, 5) is 0. The lowest BCUT2D eigenvalue weighted by Gasteiger charge is -2.40. The molecule has 0 aromatic carbocycles. The fraction of sp³-hybridized carbons (Fsp3) is 1.00. The molecule has 1 aliphatic carbocycles. The van der Waals surface area contributed by atoms with E-state index in [1.54, 1.807) is 0 Å². The van der Waals surface area contributed by atoms with Gasteiger partial charge in [-0.3, -0.25) is 0 Å². The number of likely N-dealkylation sites (N-methyl/N-ethyl adjacent to an activating group) is 1. The third kappa shape index (κ3) is 3.67. The van der Waals surface area contributed by atoms with Crippen molar-refractivity contribution in [2.75, 3.05) is 26.9 Å². The fourth-order valence-corrected chi connectivity index (χ4v) is 3.00. The third-order valence-electron chi connectivity index (χ3n) is 4.28. The Morgan fingerprint density at radius 2 is 2.18 bits per heavy atom. The summed E-state index contributed by atoms with van der Waals surface area (Å²) in [5.41, 5.74) is 0.435. The molecule has 3 nitrogen and oxygen atoms in total. The molecule has 3 heteroatoms. The van der Waals surface area contributed by atoms with E-state index in [-0.39, 0.29) is 0 Å². The average Bonchev–Trinajstić information content (AvgIpc) is 2.78.